The number of nitrogens with one attached hydrogen (secondary N) is 7. The molecular formula is C47H41Cl4N13O10. The maximum Gasteiger partial charge on any atom is 0.379 e. The van der Waals surface area contributed by atoms with Gasteiger partial charge < -0.3 is 49.1 Å². The molecule has 0 heterocycles. The van der Waals surface area contributed by atoms with Crippen molar-refractivity contribution in [2.24, 2.45) is 27.2 Å². The first-order valence-electron chi connectivity index (χ1n) is 21.2. The fraction of sp³-hybridized carbons (Fsp3) is 0.128. The van der Waals surface area contributed by atoms with Crippen LogP contribution in [0.5, 0.6) is 0 Å². The highest BCUT2D eigenvalue weighted by Crippen LogP contribution is 2.32. The number of halogens is 4. The third-order valence-corrected chi connectivity index (χ3v) is 10.9. The van der Waals surface area contributed by atoms with Crippen LogP contribution >= 0.6 is 46.4 Å². The number of nitrogens with two attached hydrogens (primary N) is 3. The molecule has 74 heavy (non-hydrogen) atoms. The van der Waals surface area contributed by atoms with Crippen molar-refractivity contribution < 1.29 is 48.1 Å². The van der Waals surface area contributed by atoms with Crippen LogP contribution in [0.2, 0.25) is 20.1 Å². The fourth-order valence-corrected chi connectivity index (χ4v) is 7.46. The summed E-state index contributed by atoms with van der Waals surface area (Å²) in [5.41, 5.74) is 17.7. The van der Waals surface area contributed by atoms with Crippen LogP contribution in [0.3, 0.4) is 0 Å². The average molecular weight is 1090 g/mol. The molecule has 382 valence electrons. The Labute approximate surface area is 440 Å². The highest BCUT2D eigenvalue weighted by Gasteiger charge is 2.32. The number of guanidine groups is 2. The number of nitrogens with zero attached hydrogens (tertiary/aromatic N) is 3. The summed E-state index contributed by atoms with van der Waals surface area (Å²) in [7, 11) is 0. The molecule has 0 aliphatic rings. The van der Waals surface area contributed by atoms with E-state index >= 15 is 0 Å². The molecule has 0 spiro atoms. The molecule has 27 heteroatoms. The van der Waals surface area contributed by atoms with Gasteiger partial charge in [-0.05, 0) is 71.8 Å². The third kappa shape index (κ3) is 16.6. The second-order valence-corrected chi connectivity index (χ2v) is 16.6. The van der Waals surface area contributed by atoms with Crippen molar-refractivity contribution in [2.75, 3.05) is 26.2 Å². The SMILES string of the molecule is N#CNC(N)=Nc1cccc(C(=O)NCC(=O)NC[C@@H](NC(=O)c2c(Cl)cccc2Cl)C(=O)OOC(=O)[C@H](CNC(=O)CNC(=O)c2cccc(N=C(N)N)c2)NC(=O)c2c(Cl)cc(-c3ccccc3)cc2Cl)c1. The number of amides is 6. The van der Waals surface area contributed by atoms with Crippen LogP contribution < -0.4 is 54.4 Å². The lowest BCUT2D eigenvalue weighted by atomic mass is 10.0. The molecular weight excluding hydrogens is 1050 g/mol. The Morgan fingerprint density at radius 2 is 0.973 bits per heavy atom. The van der Waals surface area contributed by atoms with E-state index < -0.39 is 85.6 Å². The van der Waals surface area contributed by atoms with Crippen LogP contribution in [0, 0.1) is 11.5 Å². The number of carbonyl (C=O) groups excluding carboxylic acids is 8. The van der Waals surface area contributed by atoms with Gasteiger partial charge in [-0.2, -0.15) is 5.26 Å². The number of hydrogen-bond donors (Lipinski definition) is 10. The van der Waals surface area contributed by atoms with Gasteiger partial charge in [-0.25, -0.2) is 29.3 Å². The Morgan fingerprint density at radius 3 is 1.43 bits per heavy atom. The number of rotatable bonds is 19. The van der Waals surface area contributed by atoms with E-state index in [1.807, 2.05) is 0 Å². The Bertz CT molecular complexity index is 3040. The summed E-state index contributed by atoms with van der Waals surface area (Å²) in [6.45, 7) is -2.84. The maximum absolute atomic E-state index is 13.8. The maximum atomic E-state index is 13.8. The Balaban J connectivity index is 1.31. The minimum Gasteiger partial charge on any atom is -0.370 e. The second kappa shape index (κ2) is 27.0. The standard InChI is InChI=1S/C47H41Cl4N13O10/c48-30-13-6-14-31(49)38(30)42(69)63-34(19-56-37(66)22-59-41(68)26-10-5-12-29(16-26)62-47(55)60-23-52)44(71)73-74-45(72)35(20-57-36(65)21-58-40(67)25-9-4-11-28(15-25)61-46(53)54)64-43(70)39-32(50)17-27(18-33(39)51)24-7-2-1-3-8-24/h1-18,34-35H,19-22H2,(H,56,66)(H,57,65)(H,58,67)(H,59,68)(H,63,69)(H,64,70)(H4,53,54,61)(H3,55,60,62)/t34-,35+/m1/s1. The van der Waals surface area contributed by atoms with Crippen molar-refractivity contribution in [3.63, 3.8) is 0 Å². The highest BCUT2D eigenvalue weighted by molar-refractivity contribution is 6.40. The molecule has 0 radical (unpaired) electrons. The van der Waals surface area contributed by atoms with Crippen molar-refractivity contribution in [2.45, 2.75) is 12.1 Å². The minimum absolute atomic E-state index is 0.0481. The molecule has 6 amide bonds. The van der Waals surface area contributed by atoms with Gasteiger partial charge in [0.25, 0.3) is 23.6 Å². The normalized spacial score (nSPS) is 11.5. The number of aliphatic imine (C=N–C) groups is 2. The van der Waals surface area contributed by atoms with Crippen molar-refractivity contribution in [1.82, 2.24) is 37.2 Å². The van der Waals surface area contributed by atoms with E-state index in [1.165, 1.54) is 78.9 Å². The average Bonchev–Trinajstić information content (AvgIpc) is 3.36. The van der Waals surface area contributed by atoms with E-state index in [9.17, 15) is 38.4 Å². The molecule has 5 aromatic carbocycles. The highest BCUT2D eigenvalue weighted by atomic mass is 35.5. The van der Waals surface area contributed by atoms with Crippen molar-refractivity contribution in [1.29, 1.82) is 5.26 Å². The zero-order valence-electron chi connectivity index (χ0n) is 38.0. The van der Waals surface area contributed by atoms with Gasteiger partial charge in [0.05, 0.1) is 55.7 Å². The summed E-state index contributed by atoms with van der Waals surface area (Å²) < 4.78 is 0. The summed E-state index contributed by atoms with van der Waals surface area (Å²) in [5.74, 6) is -8.83. The molecule has 0 bridgehead atoms. The van der Waals surface area contributed by atoms with Crippen LogP contribution in [-0.2, 0) is 29.0 Å². The van der Waals surface area contributed by atoms with Gasteiger partial charge in [0.15, 0.2) is 12.2 Å². The Kier molecular flexibility index (Phi) is 20.4. The molecule has 2 atom stereocenters. The Morgan fingerprint density at radius 1 is 0.527 bits per heavy atom. The van der Waals surface area contributed by atoms with Gasteiger partial charge in [0.2, 0.25) is 17.8 Å². The monoisotopic (exact) mass is 1090 g/mol. The lowest BCUT2D eigenvalue weighted by molar-refractivity contribution is -0.261. The lowest BCUT2D eigenvalue weighted by Crippen LogP contribution is -2.52. The first kappa shape index (κ1) is 56.0. The van der Waals surface area contributed by atoms with Gasteiger partial charge in [-0.15, -0.1) is 0 Å². The van der Waals surface area contributed by atoms with Gasteiger partial charge in [0.1, 0.15) is 12.1 Å². The number of benzene rings is 5. The van der Waals surface area contributed by atoms with Gasteiger partial charge in [-0.1, -0.05) is 94.9 Å². The van der Waals surface area contributed by atoms with E-state index in [-0.39, 0.29) is 65.6 Å². The van der Waals surface area contributed by atoms with E-state index in [2.05, 4.69) is 47.2 Å². The zero-order valence-corrected chi connectivity index (χ0v) is 41.1. The van der Waals surface area contributed by atoms with Crippen LogP contribution in [0.4, 0.5) is 11.4 Å². The molecule has 0 aliphatic heterocycles. The van der Waals surface area contributed by atoms with Gasteiger partial charge in [-0.3, -0.25) is 34.1 Å². The topological polar surface area (TPSA) is 366 Å². The molecule has 0 saturated carbocycles. The minimum atomic E-state index is -1.88. The molecule has 0 fully saturated rings. The number of nitriles is 1. The first-order valence-corrected chi connectivity index (χ1v) is 22.8. The quantitative estimate of drug-likeness (QED) is 0.0142. The summed E-state index contributed by atoms with van der Waals surface area (Å²) >= 11 is 25.5. The molecule has 0 aliphatic carbocycles. The predicted molar refractivity (Wildman–Crippen MR) is 272 cm³/mol. The summed E-state index contributed by atoms with van der Waals surface area (Å²) in [4.78, 5) is 124. The first-order chi connectivity index (χ1) is 35.3. The second-order valence-electron chi connectivity index (χ2n) is 15.0. The van der Waals surface area contributed by atoms with Crippen molar-refractivity contribution in [3.05, 3.63) is 152 Å². The van der Waals surface area contributed by atoms with Crippen LogP contribution in [0.1, 0.15) is 41.4 Å². The molecule has 23 nitrogen and oxygen atoms in total. The summed E-state index contributed by atoms with van der Waals surface area (Å²) in [6, 6.07) is 23.6. The van der Waals surface area contributed by atoms with E-state index in [4.69, 9.17) is 78.6 Å². The fourth-order valence-electron chi connectivity index (χ4n) is 6.24. The zero-order chi connectivity index (χ0) is 53.9. The largest absolute Gasteiger partial charge is 0.379 e. The summed E-state index contributed by atoms with van der Waals surface area (Å²) in [5, 5.41) is 24.4. The molecule has 0 unspecified atom stereocenters. The van der Waals surface area contributed by atoms with Gasteiger partial charge >= 0.3 is 11.9 Å². The third-order valence-electron chi connectivity index (χ3n) is 9.69. The van der Waals surface area contributed by atoms with E-state index in [1.54, 1.807) is 36.5 Å². The smallest absolute Gasteiger partial charge is 0.370 e. The molecule has 5 aromatic rings. The number of carbonyl (C=O) groups is 8. The van der Waals surface area contributed by atoms with Crippen LogP contribution in [0.25, 0.3) is 11.1 Å². The predicted octanol–water partition coefficient (Wildman–Crippen LogP) is 2.88. The molecule has 0 aromatic heterocycles. The van der Waals surface area contributed by atoms with Crippen molar-refractivity contribution >= 4 is 117 Å². The van der Waals surface area contributed by atoms with E-state index in [0.29, 0.717) is 11.1 Å². The van der Waals surface area contributed by atoms with Crippen molar-refractivity contribution in [3.8, 4) is 17.3 Å². The molecule has 0 saturated heterocycles. The summed E-state index contributed by atoms with van der Waals surface area (Å²) in [6.07, 6.45) is 1.60. The molecule has 5 rings (SSSR count). The molecule has 13 N–H and O–H groups in total. The lowest BCUT2D eigenvalue weighted by Gasteiger charge is -2.20. The van der Waals surface area contributed by atoms with Crippen LogP contribution in [0.15, 0.2) is 119 Å². The van der Waals surface area contributed by atoms with Crippen LogP contribution in [-0.4, -0.2) is 97.6 Å². The van der Waals surface area contributed by atoms with Gasteiger partial charge in [0, 0.05) is 24.2 Å². The Hall–Kier alpha value is -8.95. The van der Waals surface area contributed by atoms with E-state index in [0.717, 1.165) is 0 Å². The number of hydrogen-bond acceptors (Lipinski definition) is 13.